The molecular formula is C54H24N6S9. The molecule has 0 fully saturated rings. The Hall–Kier alpha value is -6.78. The van der Waals surface area contributed by atoms with Crippen LogP contribution in [0.2, 0.25) is 0 Å². The van der Waals surface area contributed by atoms with E-state index in [0.717, 1.165) is 112 Å². The Morgan fingerprint density at radius 1 is 0.275 bits per heavy atom. The Morgan fingerprint density at radius 3 is 0.812 bits per heavy atom. The highest BCUT2D eigenvalue weighted by molar-refractivity contribution is 7.17. The molecule has 0 atom stereocenters. The van der Waals surface area contributed by atoms with Gasteiger partial charge in [-0.25, -0.2) is 0 Å². The third-order valence-corrected chi connectivity index (χ3v) is 18.5. The molecule has 9 aromatic heterocycles. The van der Waals surface area contributed by atoms with Crippen LogP contribution in [0.4, 0.5) is 0 Å². The van der Waals surface area contributed by atoms with Crippen molar-refractivity contribution in [1.29, 1.82) is 0 Å². The van der Waals surface area contributed by atoms with Crippen LogP contribution < -0.4 is 0 Å². The molecule has 0 unspecified atom stereocenters. The van der Waals surface area contributed by atoms with Gasteiger partial charge in [0.15, 0.2) is 0 Å². The quantitative estimate of drug-likeness (QED) is 0.154. The largest absolute Gasteiger partial charge is 0.172 e. The summed E-state index contributed by atoms with van der Waals surface area (Å²) in [5, 5.41) is 6.27. The molecule has 9 heterocycles. The highest BCUT2D eigenvalue weighted by Crippen LogP contribution is 2.41. The van der Waals surface area contributed by atoms with Crippen molar-refractivity contribution in [2.24, 2.45) is 0 Å². The fourth-order valence-electron chi connectivity index (χ4n) is 7.98. The lowest BCUT2D eigenvalue weighted by Crippen LogP contribution is -1.84. The first kappa shape index (κ1) is 42.3. The summed E-state index contributed by atoms with van der Waals surface area (Å²) in [6.45, 7) is 0. The van der Waals surface area contributed by atoms with E-state index in [1.807, 2.05) is 18.2 Å². The van der Waals surface area contributed by atoms with Crippen LogP contribution in [0.5, 0.6) is 0 Å². The van der Waals surface area contributed by atoms with Crippen molar-refractivity contribution in [3.63, 3.8) is 0 Å². The summed E-state index contributed by atoms with van der Waals surface area (Å²) in [4.78, 5) is 9.70. The van der Waals surface area contributed by atoms with E-state index in [1.165, 1.54) is 49.8 Å². The number of fused-ring (bicyclic) bond motifs is 3. The minimum Gasteiger partial charge on any atom is -0.172 e. The standard InChI is InChI=1S/C54H24N6S9/c1-4-43(61-25-1)37-16-19-40(52-49(37)55-67-58-52)46-22-13-34(64-46)10-7-31-28-32(8-11-35-14-23-47(65-35)41-20-17-38(44-5-2-26-62-44)50-53(41)59-68-56-50)30-33(29-31)9-12-36-15-24-48(66-36)42-21-18-39(45-6-3-27-63-45)51-54(42)60-69-57-51/h1-6,13-30H. The second kappa shape index (κ2) is 18.3. The minimum atomic E-state index is 0.833. The molecule has 0 N–H and O–H groups in total. The normalized spacial score (nSPS) is 11.1. The number of thiophene rings is 6. The molecule has 69 heavy (non-hydrogen) atoms. The zero-order chi connectivity index (χ0) is 45.7. The van der Waals surface area contributed by atoms with Crippen molar-refractivity contribution in [2.45, 2.75) is 0 Å². The molecule has 13 rings (SSSR count). The zero-order valence-electron chi connectivity index (χ0n) is 35.2. The van der Waals surface area contributed by atoms with Crippen LogP contribution in [0.25, 0.3) is 95.7 Å². The third-order valence-electron chi connectivity index (χ3n) is 11.1. The van der Waals surface area contributed by atoms with Gasteiger partial charge in [-0.15, -0.1) is 68.0 Å². The maximum Gasteiger partial charge on any atom is 0.114 e. The number of aromatic nitrogens is 6. The summed E-state index contributed by atoms with van der Waals surface area (Å²) >= 11 is 13.8. The number of nitrogens with zero attached hydrogens (tertiary/aromatic N) is 6. The molecule has 15 heteroatoms. The first-order chi connectivity index (χ1) is 34.1. The Balaban J connectivity index is 0.826. The average molecular weight is 1050 g/mol. The molecule has 6 nitrogen and oxygen atoms in total. The summed E-state index contributed by atoms with van der Waals surface area (Å²) in [5.41, 5.74) is 14.6. The summed E-state index contributed by atoms with van der Waals surface area (Å²) < 4.78 is 28.2. The lowest BCUT2D eigenvalue weighted by atomic mass is 10.1. The number of benzene rings is 4. The molecule has 324 valence electrons. The highest BCUT2D eigenvalue weighted by Gasteiger charge is 2.18. The van der Waals surface area contributed by atoms with Gasteiger partial charge in [-0.1, -0.05) is 90.1 Å². The lowest BCUT2D eigenvalue weighted by molar-refractivity contribution is 1.56. The maximum absolute atomic E-state index is 4.72. The predicted octanol–water partition coefficient (Wildman–Crippen LogP) is 16.3. The van der Waals surface area contributed by atoms with E-state index < -0.39 is 0 Å². The first-order valence-electron chi connectivity index (χ1n) is 21.0. The van der Waals surface area contributed by atoms with Gasteiger partial charge in [0.2, 0.25) is 0 Å². The molecule has 0 radical (unpaired) electrons. The molecule has 0 amide bonds. The molecule has 0 aliphatic carbocycles. The summed E-state index contributed by atoms with van der Waals surface area (Å²) in [7, 11) is 0. The third kappa shape index (κ3) is 8.26. The molecule has 0 aliphatic heterocycles. The minimum absolute atomic E-state index is 0.833. The van der Waals surface area contributed by atoms with E-state index in [9.17, 15) is 0 Å². The number of rotatable bonds is 6. The van der Waals surface area contributed by atoms with E-state index in [1.54, 1.807) is 68.0 Å². The average Bonchev–Trinajstić information content (AvgIpc) is 4.22. The van der Waals surface area contributed by atoms with Crippen LogP contribution in [0.15, 0.2) is 144 Å². The van der Waals surface area contributed by atoms with Crippen LogP contribution >= 0.6 is 103 Å². The molecule has 0 bridgehead atoms. The van der Waals surface area contributed by atoms with E-state index in [4.69, 9.17) is 13.1 Å². The second-order valence-electron chi connectivity index (χ2n) is 15.3. The Labute approximate surface area is 431 Å². The van der Waals surface area contributed by atoms with Gasteiger partial charge in [0, 0.05) is 79.3 Å². The van der Waals surface area contributed by atoms with Crippen LogP contribution in [-0.2, 0) is 0 Å². The second-order valence-corrected chi connectivity index (χ2v) is 23.0. The van der Waals surface area contributed by atoms with Gasteiger partial charge in [-0.2, -0.15) is 26.2 Å². The Morgan fingerprint density at radius 2 is 0.551 bits per heavy atom. The van der Waals surface area contributed by atoms with Gasteiger partial charge in [0.1, 0.15) is 33.1 Å². The van der Waals surface area contributed by atoms with Crippen molar-refractivity contribution in [3.8, 4) is 98.2 Å². The smallest absolute Gasteiger partial charge is 0.114 e. The molecule has 0 aliphatic rings. The van der Waals surface area contributed by atoms with Crippen LogP contribution in [0.1, 0.15) is 31.3 Å². The number of hydrogen-bond donors (Lipinski definition) is 0. The van der Waals surface area contributed by atoms with Crippen molar-refractivity contribution >= 4 is 136 Å². The van der Waals surface area contributed by atoms with Gasteiger partial charge in [-0.05, 0) is 88.9 Å². The summed E-state index contributed by atoms with van der Waals surface area (Å²) in [6, 6.07) is 44.2. The maximum atomic E-state index is 4.72. The molecular weight excluding hydrogens is 1020 g/mol. The van der Waals surface area contributed by atoms with Crippen LogP contribution in [0.3, 0.4) is 0 Å². The summed E-state index contributed by atoms with van der Waals surface area (Å²) in [6.07, 6.45) is 0. The van der Waals surface area contributed by atoms with E-state index >= 15 is 0 Å². The monoisotopic (exact) mass is 1040 g/mol. The molecule has 4 aromatic carbocycles. The van der Waals surface area contributed by atoms with Crippen molar-refractivity contribution in [2.75, 3.05) is 0 Å². The van der Waals surface area contributed by atoms with Gasteiger partial charge < -0.3 is 0 Å². The molecule has 0 saturated heterocycles. The Kier molecular flexibility index (Phi) is 11.2. The van der Waals surface area contributed by atoms with E-state index in [2.05, 4.69) is 174 Å². The van der Waals surface area contributed by atoms with Gasteiger partial charge in [0.05, 0.1) is 49.8 Å². The summed E-state index contributed by atoms with van der Waals surface area (Å²) in [5.74, 6) is 20.7. The fourth-order valence-corrected chi connectivity index (χ4v) is 14.6. The molecule has 13 aromatic rings. The van der Waals surface area contributed by atoms with Gasteiger partial charge in [-0.3, -0.25) is 0 Å². The predicted molar refractivity (Wildman–Crippen MR) is 297 cm³/mol. The molecule has 0 spiro atoms. The molecule has 0 saturated carbocycles. The van der Waals surface area contributed by atoms with E-state index in [-0.39, 0.29) is 0 Å². The highest BCUT2D eigenvalue weighted by atomic mass is 32.1. The topological polar surface area (TPSA) is 77.3 Å². The Bertz CT molecular complexity index is 3790. The zero-order valence-corrected chi connectivity index (χ0v) is 42.6. The van der Waals surface area contributed by atoms with Crippen molar-refractivity contribution in [3.05, 3.63) is 175 Å². The van der Waals surface area contributed by atoms with E-state index in [0.29, 0.717) is 0 Å². The lowest BCUT2D eigenvalue weighted by Gasteiger charge is -2.03. The number of hydrogen-bond acceptors (Lipinski definition) is 15. The van der Waals surface area contributed by atoms with Crippen LogP contribution in [0, 0.1) is 35.5 Å². The van der Waals surface area contributed by atoms with Gasteiger partial charge in [0.25, 0.3) is 0 Å². The van der Waals surface area contributed by atoms with Crippen LogP contribution in [-0.4, -0.2) is 26.2 Å². The first-order valence-corrected chi connectivity index (χ1v) is 28.3. The SMILES string of the molecule is C(#Cc1ccc(-c2ccc(-c3cccs3)c3nsnc23)s1)c1cc(C#Cc2ccc(-c3ccc(-c4cccs4)c4nsnc34)s2)cc(C#Cc2ccc(-c3ccc(-c4cccs4)c4nsnc34)s2)c1. The van der Waals surface area contributed by atoms with Crippen molar-refractivity contribution < 1.29 is 0 Å². The van der Waals surface area contributed by atoms with Crippen molar-refractivity contribution in [1.82, 2.24) is 26.2 Å². The fraction of sp³-hybridized carbons (Fsp3) is 0. The van der Waals surface area contributed by atoms with Gasteiger partial charge >= 0.3 is 0 Å².